The van der Waals surface area contributed by atoms with Gasteiger partial charge in [0.25, 0.3) is 0 Å². The van der Waals surface area contributed by atoms with Crippen LogP contribution >= 0.6 is 15.9 Å². The van der Waals surface area contributed by atoms with E-state index in [1.165, 1.54) is 0 Å². The van der Waals surface area contributed by atoms with E-state index in [-0.39, 0.29) is 6.61 Å². The first-order chi connectivity index (χ1) is 6.20. The zero-order valence-corrected chi connectivity index (χ0v) is 8.84. The van der Waals surface area contributed by atoms with Crippen molar-refractivity contribution in [3.05, 3.63) is 48.0 Å². The Morgan fingerprint density at radius 3 is 2.69 bits per heavy atom. The van der Waals surface area contributed by atoms with Gasteiger partial charge in [-0.05, 0) is 11.1 Å². The van der Waals surface area contributed by atoms with E-state index in [1.54, 1.807) is 6.08 Å². The summed E-state index contributed by atoms with van der Waals surface area (Å²) < 4.78 is 0.770. The van der Waals surface area contributed by atoms with Crippen LogP contribution in [0.1, 0.15) is 16.7 Å². The first kappa shape index (κ1) is 10.2. The van der Waals surface area contributed by atoms with E-state index in [9.17, 15) is 0 Å². The minimum Gasteiger partial charge on any atom is -0.392 e. The monoisotopic (exact) mass is 238 g/mol. The number of aliphatic hydroxyl groups is 1. The smallest absolute Gasteiger partial charge is 0.0688 e. The molecule has 0 aromatic heterocycles. The van der Waals surface area contributed by atoms with Crippen molar-refractivity contribution in [1.82, 2.24) is 0 Å². The molecule has 0 saturated heterocycles. The Bertz CT molecular complexity index is 342. The van der Waals surface area contributed by atoms with Crippen LogP contribution in [0.3, 0.4) is 0 Å². The van der Waals surface area contributed by atoms with E-state index in [4.69, 9.17) is 5.11 Å². The Hall–Kier alpha value is -0.860. The molecule has 1 aromatic rings. The van der Waals surface area contributed by atoms with Gasteiger partial charge in [0.05, 0.1) is 6.61 Å². The van der Waals surface area contributed by atoms with Crippen molar-refractivity contribution in [3.8, 4) is 0 Å². The minimum absolute atomic E-state index is 0.0155. The Balaban J connectivity index is 3.38. The summed E-state index contributed by atoms with van der Waals surface area (Å²) in [6.45, 7) is 7.52. The first-order valence-corrected chi connectivity index (χ1v) is 4.70. The largest absolute Gasteiger partial charge is 0.392 e. The summed E-state index contributed by atoms with van der Waals surface area (Å²) in [5, 5.41) is 9.09. The SMILES string of the molecule is C=Cc1cccc(CO)c1C(=C)Br. The van der Waals surface area contributed by atoms with Gasteiger partial charge in [-0.1, -0.05) is 53.4 Å². The second kappa shape index (κ2) is 4.40. The Labute approximate surface area is 86.5 Å². The predicted molar refractivity (Wildman–Crippen MR) is 60.4 cm³/mol. The van der Waals surface area contributed by atoms with E-state index >= 15 is 0 Å². The van der Waals surface area contributed by atoms with Gasteiger partial charge in [-0.25, -0.2) is 0 Å². The van der Waals surface area contributed by atoms with Gasteiger partial charge in [-0.3, -0.25) is 0 Å². The molecule has 0 atom stereocenters. The molecule has 0 spiro atoms. The zero-order chi connectivity index (χ0) is 9.84. The lowest BCUT2D eigenvalue weighted by molar-refractivity contribution is 0.281. The molecule has 0 aliphatic heterocycles. The molecular weight excluding hydrogens is 228 g/mol. The van der Waals surface area contributed by atoms with Gasteiger partial charge in [0, 0.05) is 10.0 Å². The van der Waals surface area contributed by atoms with Crippen molar-refractivity contribution in [1.29, 1.82) is 0 Å². The highest BCUT2D eigenvalue weighted by Gasteiger charge is 2.06. The predicted octanol–water partition coefficient (Wildman–Crippen LogP) is 3.19. The maximum atomic E-state index is 9.09. The Kier molecular flexibility index (Phi) is 3.46. The maximum Gasteiger partial charge on any atom is 0.0688 e. The van der Waals surface area contributed by atoms with Crippen molar-refractivity contribution in [3.63, 3.8) is 0 Å². The number of halogens is 1. The number of rotatable bonds is 3. The first-order valence-electron chi connectivity index (χ1n) is 3.90. The summed E-state index contributed by atoms with van der Waals surface area (Å²) in [4.78, 5) is 0. The third kappa shape index (κ3) is 2.08. The van der Waals surface area contributed by atoms with Gasteiger partial charge in [0.15, 0.2) is 0 Å². The fourth-order valence-electron chi connectivity index (χ4n) is 1.25. The van der Waals surface area contributed by atoms with Crippen molar-refractivity contribution in [2.75, 3.05) is 0 Å². The molecule has 68 valence electrons. The van der Waals surface area contributed by atoms with Crippen molar-refractivity contribution in [2.24, 2.45) is 0 Å². The van der Waals surface area contributed by atoms with Gasteiger partial charge >= 0.3 is 0 Å². The number of hydrogen-bond acceptors (Lipinski definition) is 1. The summed E-state index contributed by atoms with van der Waals surface area (Å²) in [6, 6.07) is 5.70. The molecule has 0 radical (unpaired) electrons. The van der Waals surface area contributed by atoms with E-state index in [2.05, 4.69) is 29.1 Å². The summed E-state index contributed by atoms with van der Waals surface area (Å²) >= 11 is 3.31. The fraction of sp³-hybridized carbons (Fsp3) is 0.0909. The van der Waals surface area contributed by atoms with Crippen LogP contribution < -0.4 is 0 Å². The molecule has 0 amide bonds. The lowest BCUT2D eigenvalue weighted by Gasteiger charge is -2.09. The highest BCUT2D eigenvalue weighted by atomic mass is 79.9. The van der Waals surface area contributed by atoms with E-state index in [0.717, 1.165) is 21.2 Å². The topological polar surface area (TPSA) is 20.2 Å². The van der Waals surface area contributed by atoms with E-state index < -0.39 is 0 Å². The second-order valence-electron chi connectivity index (χ2n) is 2.65. The van der Waals surface area contributed by atoms with Crippen LogP contribution in [0.4, 0.5) is 0 Å². The molecule has 0 unspecified atom stereocenters. The van der Waals surface area contributed by atoms with E-state index in [1.807, 2.05) is 18.2 Å². The Morgan fingerprint density at radius 2 is 2.23 bits per heavy atom. The molecule has 0 aliphatic rings. The highest BCUT2D eigenvalue weighted by Crippen LogP contribution is 2.27. The molecule has 0 fully saturated rings. The molecule has 2 heteroatoms. The van der Waals surface area contributed by atoms with Crippen LogP contribution in [0.25, 0.3) is 10.6 Å². The zero-order valence-electron chi connectivity index (χ0n) is 7.26. The van der Waals surface area contributed by atoms with Gasteiger partial charge < -0.3 is 5.11 Å². The van der Waals surface area contributed by atoms with Crippen LogP contribution in [0.15, 0.2) is 31.4 Å². The molecule has 13 heavy (non-hydrogen) atoms. The fourth-order valence-corrected chi connectivity index (χ4v) is 1.74. The molecular formula is C11H11BrO. The number of benzene rings is 1. The van der Waals surface area contributed by atoms with Gasteiger partial charge in [-0.15, -0.1) is 0 Å². The lowest BCUT2D eigenvalue weighted by Crippen LogP contribution is -1.92. The molecule has 0 heterocycles. The summed E-state index contributed by atoms with van der Waals surface area (Å²) in [7, 11) is 0. The summed E-state index contributed by atoms with van der Waals surface area (Å²) in [6.07, 6.45) is 1.75. The van der Waals surface area contributed by atoms with Crippen molar-refractivity contribution >= 4 is 26.5 Å². The molecule has 0 aliphatic carbocycles. The summed E-state index contributed by atoms with van der Waals surface area (Å²) in [5.41, 5.74) is 2.77. The number of hydrogen-bond donors (Lipinski definition) is 1. The highest BCUT2D eigenvalue weighted by molar-refractivity contribution is 9.15. The van der Waals surface area contributed by atoms with Gasteiger partial charge in [0.1, 0.15) is 0 Å². The number of aliphatic hydroxyl groups excluding tert-OH is 1. The van der Waals surface area contributed by atoms with Crippen LogP contribution in [0, 0.1) is 0 Å². The van der Waals surface area contributed by atoms with Gasteiger partial charge in [0.2, 0.25) is 0 Å². The normalized spacial score (nSPS) is 9.69. The minimum atomic E-state index is 0.0155. The van der Waals surface area contributed by atoms with Gasteiger partial charge in [-0.2, -0.15) is 0 Å². The average Bonchev–Trinajstić information content (AvgIpc) is 2.16. The quantitative estimate of drug-likeness (QED) is 0.858. The Morgan fingerprint density at radius 1 is 1.54 bits per heavy atom. The molecule has 1 aromatic carbocycles. The summed E-state index contributed by atoms with van der Waals surface area (Å²) in [5.74, 6) is 0. The van der Waals surface area contributed by atoms with Crippen molar-refractivity contribution < 1.29 is 5.11 Å². The average molecular weight is 239 g/mol. The van der Waals surface area contributed by atoms with Crippen LogP contribution in [-0.2, 0) is 6.61 Å². The third-order valence-corrected chi connectivity index (χ3v) is 2.24. The molecule has 1 N–H and O–H groups in total. The van der Waals surface area contributed by atoms with Crippen molar-refractivity contribution in [2.45, 2.75) is 6.61 Å². The standard InChI is InChI=1S/C11H11BrO/c1-3-9-5-4-6-10(7-13)11(9)8(2)12/h3-6,13H,1-2,7H2. The second-order valence-corrected chi connectivity index (χ2v) is 3.61. The van der Waals surface area contributed by atoms with Crippen LogP contribution in [0.2, 0.25) is 0 Å². The third-order valence-electron chi connectivity index (χ3n) is 1.84. The molecule has 1 nitrogen and oxygen atoms in total. The van der Waals surface area contributed by atoms with Crippen LogP contribution in [-0.4, -0.2) is 5.11 Å². The molecule has 0 saturated carbocycles. The van der Waals surface area contributed by atoms with E-state index in [0.29, 0.717) is 0 Å². The maximum absolute atomic E-state index is 9.09. The molecule has 0 bridgehead atoms. The lowest BCUT2D eigenvalue weighted by atomic mass is 10.0. The van der Waals surface area contributed by atoms with Crippen LogP contribution in [0.5, 0.6) is 0 Å². The molecule has 1 rings (SSSR count).